The quantitative estimate of drug-likeness (QED) is 0.401. The minimum absolute atomic E-state index is 0.119. The van der Waals surface area contributed by atoms with Crippen LogP contribution in [0.4, 0.5) is 0 Å². The van der Waals surface area contributed by atoms with Gasteiger partial charge in [-0.3, -0.25) is 0 Å². The fourth-order valence-corrected chi connectivity index (χ4v) is 5.08. The van der Waals surface area contributed by atoms with Crippen molar-refractivity contribution in [3.63, 3.8) is 0 Å². The molecule has 1 unspecified atom stereocenters. The Bertz CT molecular complexity index is 890. The topological polar surface area (TPSA) is 0 Å². The van der Waals surface area contributed by atoms with Crippen LogP contribution in [0.25, 0.3) is 16.8 Å². The van der Waals surface area contributed by atoms with E-state index in [1.165, 1.54) is 27.5 Å². The minimum Gasteiger partial charge on any atom is -0.0826 e. The highest BCUT2D eigenvalue weighted by atomic mass is 79.9. The Morgan fingerprint density at radius 3 is 2.35 bits per heavy atom. The predicted molar refractivity (Wildman–Crippen MR) is 106 cm³/mol. The second kappa shape index (κ2) is 5.92. The zero-order valence-electron chi connectivity index (χ0n) is 12.5. The Kier molecular flexibility index (Phi) is 3.90. The first-order valence-electron chi connectivity index (χ1n) is 7.76. The SMILES string of the molecule is BrC(Br)C1(c2cccc3ccccc23)CC=Cc2ccccc21. The van der Waals surface area contributed by atoms with Crippen molar-refractivity contribution in [2.75, 3.05) is 0 Å². The van der Waals surface area contributed by atoms with Gasteiger partial charge < -0.3 is 0 Å². The van der Waals surface area contributed by atoms with E-state index in [1.807, 2.05) is 0 Å². The molecule has 0 nitrogen and oxygen atoms in total. The van der Waals surface area contributed by atoms with Gasteiger partial charge in [-0.05, 0) is 33.9 Å². The predicted octanol–water partition coefficient (Wildman–Crippen LogP) is 6.66. The van der Waals surface area contributed by atoms with Crippen LogP contribution in [-0.2, 0) is 5.41 Å². The molecule has 3 aromatic rings. The van der Waals surface area contributed by atoms with Gasteiger partial charge in [-0.15, -0.1) is 0 Å². The van der Waals surface area contributed by atoms with E-state index < -0.39 is 0 Å². The summed E-state index contributed by atoms with van der Waals surface area (Å²) in [6, 6.07) is 24.0. The molecule has 3 aromatic carbocycles. The van der Waals surface area contributed by atoms with Gasteiger partial charge in [0, 0.05) is 5.41 Å². The smallest absolute Gasteiger partial charge is 0.0826 e. The van der Waals surface area contributed by atoms with Crippen LogP contribution in [0.2, 0.25) is 0 Å². The van der Waals surface area contributed by atoms with Crippen molar-refractivity contribution in [3.05, 3.63) is 89.5 Å². The lowest BCUT2D eigenvalue weighted by atomic mass is 9.68. The molecule has 0 saturated carbocycles. The van der Waals surface area contributed by atoms with Crippen molar-refractivity contribution in [2.24, 2.45) is 0 Å². The molecule has 0 heterocycles. The average molecular weight is 428 g/mol. The Hall–Kier alpha value is -1.38. The van der Waals surface area contributed by atoms with Crippen molar-refractivity contribution in [3.8, 4) is 0 Å². The van der Waals surface area contributed by atoms with Crippen LogP contribution in [-0.4, -0.2) is 3.74 Å². The van der Waals surface area contributed by atoms with Crippen LogP contribution < -0.4 is 0 Å². The monoisotopic (exact) mass is 426 g/mol. The maximum absolute atomic E-state index is 3.87. The standard InChI is InChI=1S/C21H16Br2/c22-20(23)21(14-6-10-16-8-2-4-12-18(16)21)19-13-5-9-15-7-1-3-11-17(15)19/h1-13,20H,14H2. The van der Waals surface area contributed by atoms with Crippen molar-refractivity contribution in [1.29, 1.82) is 0 Å². The van der Waals surface area contributed by atoms with Gasteiger partial charge in [0.25, 0.3) is 0 Å². The van der Waals surface area contributed by atoms with Gasteiger partial charge in [-0.2, -0.15) is 0 Å². The second-order valence-corrected chi connectivity index (χ2v) is 9.05. The van der Waals surface area contributed by atoms with Gasteiger partial charge in [0.2, 0.25) is 0 Å². The van der Waals surface area contributed by atoms with Gasteiger partial charge in [-0.25, -0.2) is 0 Å². The van der Waals surface area contributed by atoms with E-state index >= 15 is 0 Å². The zero-order valence-corrected chi connectivity index (χ0v) is 15.7. The Morgan fingerprint density at radius 1 is 0.783 bits per heavy atom. The number of fused-ring (bicyclic) bond motifs is 2. The van der Waals surface area contributed by atoms with Crippen LogP contribution >= 0.6 is 31.9 Å². The summed E-state index contributed by atoms with van der Waals surface area (Å²) in [5, 5.41) is 2.61. The summed E-state index contributed by atoms with van der Waals surface area (Å²) in [5.74, 6) is 0. The Labute approximate surface area is 153 Å². The van der Waals surface area contributed by atoms with Crippen molar-refractivity contribution in [1.82, 2.24) is 0 Å². The Morgan fingerprint density at radius 2 is 1.48 bits per heavy atom. The molecule has 4 rings (SSSR count). The molecule has 0 amide bonds. The highest BCUT2D eigenvalue weighted by molar-refractivity contribution is 9.24. The van der Waals surface area contributed by atoms with Crippen molar-refractivity contribution >= 4 is 48.7 Å². The summed E-state index contributed by atoms with van der Waals surface area (Å²) in [4.78, 5) is 0. The molecule has 0 N–H and O–H groups in total. The molecule has 23 heavy (non-hydrogen) atoms. The first-order chi connectivity index (χ1) is 11.2. The van der Waals surface area contributed by atoms with Gasteiger partial charge in [0.05, 0.1) is 3.74 Å². The molecule has 0 radical (unpaired) electrons. The lowest BCUT2D eigenvalue weighted by Gasteiger charge is -2.40. The van der Waals surface area contributed by atoms with Gasteiger partial charge >= 0.3 is 0 Å². The van der Waals surface area contributed by atoms with Gasteiger partial charge in [0.1, 0.15) is 0 Å². The number of benzene rings is 3. The molecule has 2 heteroatoms. The number of hydrogen-bond acceptors (Lipinski definition) is 0. The normalized spacial score (nSPS) is 20.0. The molecule has 0 fully saturated rings. The minimum atomic E-state index is -0.119. The summed E-state index contributed by atoms with van der Waals surface area (Å²) in [6.07, 6.45) is 5.50. The number of hydrogen-bond donors (Lipinski definition) is 0. The summed E-state index contributed by atoms with van der Waals surface area (Å²) < 4.78 is 0.152. The van der Waals surface area contributed by atoms with E-state index in [0.29, 0.717) is 0 Å². The zero-order chi connectivity index (χ0) is 15.9. The molecule has 114 valence electrons. The summed E-state index contributed by atoms with van der Waals surface area (Å²) in [5.41, 5.74) is 3.92. The number of halogens is 2. The molecule has 1 atom stereocenters. The summed E-state index contributed by atoms with van der Waals surface area (Å²) in [7, 11) is 0. The molecule has 0 bridgehead atoms. The van der Waals surface area contributed by atoms with E-state index in [-0.39, 0.29) is 9.15 Å². The van der Waals surface area contributed by atoms with Crippen molar-refractivity contribution < 1.29 is 0 Å². The molecular weight excluding hydrogens is 412 g/mol. The van der Waals surface area contributed by atoms with E-state index in [0.717, 1.165) is 6.42 Å². The van der Waals surface area contributed by atoms with E-state index in [9.17, 15) is 0 Å². The number of alkyl halides is 2. The lowest BCUT2D eigenvalue weighted by Crippen LogP contribution is -2.36. The van der Waals surface area contributed by atoms with Crippen LogP contribution in [0.3, 0.4) is 0 Å². The fourth-order valence-electron chi connectivity index (χ4n) is 3.72. The average Bonchev–Trinajstić information content (AvgIpc) is 2.60. The van der Waals surface area contributed by atoms with Gasteiger partial charge in [-0.1, -0.05) is 111 Å². The van der Waals surface area contributed by atoms with Crippen LogP contribution in [0.1, 0.15) is 23.1 Å². The molecule has 0 aromatic heterocycles. The summed E-state index contributed by atoms with van der Waals surface area (Å²) in [6.45, 7) is 0. The number of allylic oxidation sites excluding steroid dienone is 1. The van der Waals surface area contributed by atoms with E-state index in [4.69, 9.17) is 0 Å². The molecule has 1 aliphatic carbocycles. The number of rotatable bonds is 2. The highest BCUT2D eigenvalue weighted by Crippen LogP contribution is 2.50. The first kappa shape index (κ1) is 15.2. The van der Waals surface area contributed by atoms with Crippen LogP contribution in [0.5, 0.6) is 0 Å². The molecule has 0 saturated heterocycles. The molecule has 0 aliphatic heterocycles. The third-order valence-corrected chi connectivity index (χ3v) is 6.38. The third-order valence-electron chi connectivity index (χ3n) is 4.82. The second-order valence-electron chi connectivity index (χ2n) is 5.99. The summed E-state index contributed by atoms with van der Waals surface area (Å²) >= 11 is 7.74. The highest BCUT2D eigenvalue weighted by Gasteiger charge is 2.42. The van der Waals surface area contributed by atoms with E-state index in [2.05, 4.69) is 111 Å². The first-order valence-corrected chi connectivity index (χ1v) is 9.59. The van der Waals surface area contributed by atoms with Crippen molar-refractivity contribution in [2.45, 2.75) is 15.6 Å². The van der Waals surface area contributed by atoms with E-state index in [1.54, 1.807) is 0 Å². The van der Waals surface area contributed by atoms with Gasteiger partial charge in [0.15, 0.2) is 0 Å². The molecular formula is C21H16Br2. The molecule has 1 aliphatic rings. The Balaban J connectivity index is 2.08. The third kappa shape index (κ3) is 2.31. The fraction of sp³-hybridized carbons (Fsp3) is 0.143. The lowest BCUT2D eigenvalue weighted by molar-refractivity contribution is 0.578. The molecule has 0 spiro atoms. The maximum atomic E-state index is 3.87. The maximum Gasteiger partial charge on any atom is 0.0838 e. The van der Waals surface area contributed by atoms with Crippen LogP contribution in [0, 0.1) is 0 Å². The largest absolute Gasteiger partial charge is 0.0838 e. The van der Waals surface area contributed by atoms with Crippen LogP contribution in [0.15, 0.2) is 72.8 Å².